The molecule has 0 saturated carbocycles. The molecule has 0 unspecified atom stereocenters. The Balaban J connectivity index is 0.000000650. The highest BCUT2D eigenvalue weighted by Gasteiger charge is 2.14. The molecule has 0 bridgehead atoms. The largest absolute Gasteiger partial charge is 0.726 e. The van der Waals surface area contributed by atoms with Crippen LogP contribution in [0.5, 0.6) is 0 Å². The Bertz CT molecular complexity index is 1320. The van der Waals surface area contributed by atoms with Crippen LogP contribution in [0.2, 0.25) is 0 Å². The molecule has 0 radical (unpaired) electrons. The van der Waals surface area contributed by atoms with Crippen LogP contribution in [0, 0.1) is 0 Å². The molecule has 39 heavy (non-hydrogen) atoms. The van der Waals surface area contributed by atoms with Crippen molar-refractivity contribution in [1.29, 1.82) is 0 Å². The molecule has 3 rings (SSSR count). The normalized spacial score (nSPS) is 12.6. The monoisotopic (exact) mass is 580 g/mol. The van der Waals surface area contributed by atoms with Gasteiger partial charge in [0.25, 0.3) is 0 Å². The van der Waals surface area contributed by atoms with Crippen molar-refractivity contribution in [2.24, 2.45) is 0 Å². The molecular weight excluding hydrogens is 544 g/mol. The van der Waals surface area contributed by atoms with E-state index in [1.807, 2.05) is 0 Å². The number of rotatable bonds is 7. The van der Waals surface area contributed by atoms with E-state index in [0.717, 1.165) is 26.2 Å². The summed E-state index contributed by atoms with van der Waals surface area (Å²) in [6, 6.07) is 19.7. The van der Waals surface area contributed by atoms with Gasteiger partial charge in [-0.3, -0.25) is 13.7 Å². The zero-order chi connectivity index (χ0) is 29.6. The SMILES string of the molecule is CCN(CC)c1ccc(C(=C2C=CC(=[N+](CC)CC)C=C2)c2ccccc2)cc1.O=S(=O)(O)O.O=S(=O)([O-])O. The third-order valence-electron chi connectivity index (χ3n) is 5.63. The quantitative estimate of drug-likeness (QED) is 0.246. The molecule has 0 atom stereocenters. The van der Waals surface area contributed by atoms with Gasteiger partial charge in [0.15, 0.2) is 5.71 Å². The predicted octanol–water partition coefficient (Wildman–Crippen LogP) is 4.31. The average Bonchev–Trinajstić information content (AvgIpc) is 2.86. The maximum absolute atomic E-state index is 8.74. The van der Waals surface area contributed by atoms with E-state index in [1.165, 1.54) is 33.7 Å². The molecule has 0 spiro atoms. The zero-order valence-electron chi connectivity index (χ0n) is 22.4. The van der Waals surface area contributed by atoms with Crippen LogP contribution >= 0.6 is 0 Å². The van der Waals surface area contributed by atoms with E-state index in [2.05, 4.69) is 116 Å². The van der Waals surface area contributed by atoms with E-state index in [1.54, 1.807) is 0 Å². The molecule has 0 amide bonds. The molecule has 2 aromatic rings. The lowest BCUT2D eigenvalue weighted by molar-refractivity contribution is -0.519. The lowest BCUT2D eigenvalue weighted by Gasteiger charge is -2.22. The highest BCUT2D eigenvalue weighted by atomic mass is 32.3. The molecule has 10 nitrogen and oxygen atoms in total. The highest BCUT2D eigenvalue weighted by Crippen LogP contribution is 2.31. The number of nitrogens with zero attached hydrogens (tertiary/aromatic N) is 2. The van der Waals surface area contributed by atoms with Crippen molar-refractivity contribution in [3.8, 4) is 0 Å². The van der Waals surface area contributed by atoms with E-state index < -0.39 is 20.8 Å². The Kier molecular flexibility index (Phi) is 14.0. The number of anilines is 1. The first-order valence-electron chi connectivity index (χ1n) is 12.2. The van der Waals surface area contributed by atoms with Gasteiger partial charge in [-0.15, -0.1) is 0 Å². The van der Waals surface area contributed by atoms with Gasteiger partial charge in [0.05, 0.1) is 0 Å². The maximum atomic E-state index is 8.74. The summed E-state index contributed by atoms with van der Waals surface area (Å²) < 4.78 is 66.8. The fraction of sp³-hybridized carbons (Fsp3) is 0.296. The molecule has 2 aromatic carbocycles. The molecule has 3 N–H and O–H groups in total. The standard InChI is InChI=1S/C27H33N2.2H2O4S/c1-5-28(6-2)25-18-14-23(15-19-25)27(22-12-10-9-11-13-22)24-16-20-26(21-17-24)29(7-3)8-4;2*1-5(2,3)4/h9-21H,5-8H2,1-4H3;2*(H2,1,2,3,4)/q+1;;/p-1. The van der Waals surface area contributed by atoms with Crippen LogP contribution < -0.4 is 4.90 Å². The molecule has 12 heteroatoms. The van der Waals surface area contributed by atoms with Crippen LogP contribution in [0.25, 0.3) is 5.57 Å². The molecule has 0 fully saturated rings. The molecule has 0 aliphatic heterocycles. The summed E-state index contributed by atoms with van der Waals surface area (Å²) in [6.07, 6.45) is 9.01. The highest BCUT2D eigenvalue weighted by molar-refractivity contribution is 7.80. The Morgan fingerprint density at radius 1 is 0.744 bits per heavy atom. The van der Waals surface area contributed by atoms with Gasteiger partial charge in [-0.05, 0) is 74.3 Å². The molecule has 214 valence electrons. The van der Waals surface area contributed by atoms with Gasteiger partial charge in [0.2, 0.25) is 10.4 Å². The number of hydrogen-bond donors (Lipinski definition) is 3. The third-order valence-corrected chi connectivity index (χ3v) is 5.63. The third kappa shape index (κ3) is 13.5. The van der Waals surface area contributed by atoms with Crippen LogP contribution in [-0.2, 0) is 20.8 Å². The van der Waals surface area contributed by atoms with Crippen LogP contribution in [0.3, 0.4) is 0 Å². The fourth-order valence-corrected chi connectivity index (χ4v) is 3.96. The Morgan fingerprint density at radius 3 is 1.54 bits per heavy atom. The van der Waals surface area contributed by atoms with Crippen molar-refractivity contribution in [1.82, 2.24) is 0 Å². The second-order valence-corrected chi connectivity index (χ2v) is 9.81. The van der Waals surface area contributed by atoms with Crippen molar-refractivity contribution >= 4 is 37.8 Å². The van der Waals surface area contributed by atoms with Crippen molar-refractivity contribution in [2.45, 2.75) is 27.7 Å². The molecule has 1 aliphatic carbocycles. The molecular formula is C27H36N2O8S2. The van der Waals surface area contributed by atoms with Crippen molar-refractivity contribution < 1.29 is 39.6 Å². The minimum atomic E-state index is -4.92. The molecule has 0 saturated heterocycles. The minimum absolute atomic E-state index is 1.03. The van der Waals surface area contributed by atoms with Crippen molar-refractivity contribution in [2.75, 3.05) is 31.1 Å². The van der Waals surface area contributed by atoms with E-state index in [0.29, 0.717) is 0 Å². The Hall–Kier alpha value is -3.13. The van der Waals surface area contributed by atoms with Crippen molar-refractivity contribution in [3.05, 3.63) is 95.6 Å². The number of allylic oxidation sites excluding steroid dienone is 5. The summed E-state index contributed by atoms with van der Waals surface area (Å²) in [5.41, 5.74) is 7.60. The Morgan fingerprint density at radius 2 is 1.15 bits per heavy atom. The van der Waals surface area contributed by atoms with Gasteiger partial charge in [-0.1, -0.05) is 42.5 Å². The summed E-state index contributed by atoms with van der Waals surface area (Å²) in [7, 11) is -9.58. The maximum Gasteiger partial charge on any atom is 0.394 e. The van der Waals surface area contributed by atoms with E-state index in [4.69, 9.17) is 35.0 Å². The molecule has 0 aromatic heterocycles. The smallest absolute Gasteiger partial charge is 0.394 e. The van der Waals surface area contributed by atoms with Gasteiger partial charge in [-0.2, -0.15) is 8.42 Å². The fourth-order valence-electron chi connectivity index (χ4n) is 3.96. The topological polar surface area (TPSA) is 158 Å². The molecule has 1 aliphatic rings. The van der Waals surface area contributed by atoms with Gasteiger partial charge in [-0.25, -0.2) is 13.0 Å². The van der Waals surface area contributed by atoms with Crippen LogP contribution in [-0.4, -0.2) is 71.5 Å². The lowest BCUT2D eigenvalue weighted by Crippen LogP contribution is -2.21. The summed E-state index contributed by atoms with van der Waals surface area (Å²) in [5, 5.41) is 0. The first-order chi connectivity index (χ1) is 18.2. The first-order valence-corrected chi connectivity index (χ1v) is 15.0. The van der Waals surface area contributed by atoms with Gasteiger partial charge >= 0.3 is 10.4 Å². The van der Waals surface area contributed by atoms with E-state index in [-0.39, 0.29) is 0 Å². The number of benzene rings is 2. The predicted molar refractivity (Wildman–Crippen MR) is 154 cm³/mol. The second kappa shape index (κ2) is 16.1. The minimum Gasteiger partial charge on any atom is -0.726 e. The van der Waals surface area contributed by atoms with E-state index >= 15 is 0 Å². The van der Waals surface area contributed by atoms with Gasteiger partial charge in [0.1, 0.15) is 13.1 Å². The summed E-state index contributed by atoms with van der Waals surface area (Å²) >= 11 is 0. The van der Waals surface area contributed by atoms with Crippen molar-refractivity contribution in [3.63, 3.8) is 0 Å². The lowest BCUT2D eigenvalue weighted by atomic mass is 9.90. The van der Waals surface area contributed by atoms with E-state index in [9.17, 15) is 0 Å². The van der Waals surface area contributed by atoms with Gasteiger partial charge in [0, 0.05) is 30.9 Å². The molecule has 0 heterocycles. The zero-order valence-corrected chi connectivity index (χ0v) is 24.1. The Labute approximate surface area is 231 Å². The summed E-state index contributed by atoms with van der Waals surface area (Å²) in [6.45, 7) is 12.9. The summed E-state index contributed by atoms with van der Waals surface area (Å²) in [4.78, 5) is 2.38. The van der Waals surface area contributed by atoms with Crippen LogP contribution in [0.15, 0.2) is 84.5 Å². The second-order valence-electron chi connectivity index (χ2n) is 8.05. The first kappa shape index (κ1) is 33.9. The van der Waals surface area contributed by atoms with Crippen LogP contribution in [0.1, 0.15) is 38.8 Å². The van der Waals surface area contributed by atoms with Gasteiger partial charge < -0.3 is 9.45 Å². The average molecular weight is 581 g/mol. The van der Waals surface area contributed by atoms with Crippen LogP contribution in [0.4, 0.5) is 5.69 Å². The summed E-state index contributed by atoms with van der Waals surface area (Å²) in [5.74, 6) is 0. The number of hydrogen-bond acceptors (Lipinski definition) is 6.